The van der Waals surface area contributed by atoms with E-state index < -0.39 is 11.5 Å². The molecule has 0 fully saturated rings. The summed E-state index contributed by atoms with van der Waals surface area (Å²) in [5.74, 6) is 0.135. The standard InChI is InChI=1S/C13H18BrNO4/c1-4-13(15,7-11(16)17)8-5-9(14)12(19-3)10(6-8)18-2/h5-6H,4,7,15H2,1-3H3,(H,16,17). The molecule has 106 valence electrons. The molecule has 0 radical (unpaired) electrons. The Morgan fingerprint density at radius 1 is 1.42 bits per heavy atom. The molecule has 0 aliphatic heterocycles. The van der Waals surface area contributed by atoms with Crippen molar-refractivity contribution in [3.8, 4) is 11.5 Å². The van der Waals surface area contributed by atoms with E-state index in [4.69, 9.17) is 20.3 Å². The Morgan fingerprint density at radius 2 is 2.05 bits per heavy atom. The van der Waals surface area contributed by atoms with Crippen molar-refractivity contribution in [2.24, 2.45) is 5.73 Å². The lowest BCUT2D eigenvalue weighted by molar-refractivity contribution is -0.138. The van der Waals surface area contributed by atoms with Gasteiger partial charge in [0.2, 0.25) is 0 Å². The third-order valence-electron chi connectivity index (χ3n) is 3.11. The van der Waals surface area contributed by atoms with Crippen molar-refractivity contribution in [1.29, 1.82) is 0 Å². The molecule has 6 heteroatoms. The van der Waals surface area contributed by atoms with Crippen molar-refractivity contribution >= 4 is 21.9 Å². The number of ether oxygens (including phenoxy) is 2. The summed E-state index contributed by atoms with van der Waals surface area (Å²) in [7, 11) is 3.06. The van der Waals surface area contributed by atoms with E-state index in [9.17, 15) is 4.79 Å². The Morgan fingerprint density at radius 3 is 2.47 bits per heavy atom. The first-order chi connectivity index (χ1) is 8.87. The molecule has 0 aromatic heterocycles. The van der Waals surface area contributed by atoms with Gasteiger partial charge in [-0.1, -0.05) is 6.92 Å². The van der Waals surface area contributed by atoms with Crippen molar-refractivity contribution in [2.45, 2.75) is 25.3 Å². The molecule has 1 atom stereocenters. The summed E-state index contributed by atoms with van der Waals surface area (Å²) in [4.78, 5) is 11.0. The maximum atomic E-state index is 11.0. The zero-order valence-electron chi connectivity index (χ0n) is 11.2. The fourth-order valence-corrected chi connectivity index (χ4v) is 2.51. The highest BCUT2D eigenvalue weighted by molar-refractivity contribution is 9.10. The smallest absolute Gasteiger partial charge is 0.305 e. The minimum atomic E-state index is -0.937. The van der Waals surface area contributed by atoms with Crippen LogP contribution in [0.25, 0.3) is 0 Å². The molecular formula is C13H18BrNO4. The first-order valence-corrected chi connectivity index (χ1v) is 6.60. The molecule has 3 N–H and O–H groups in total. The predicted molar refractivity (Wildman–Crippen MR) is 75.7 cm³/mol. The van der Waals surface area contributed by atoms with Crippen LogP contribution in [0.3, 0.4) is 0 Å². The van der Waals surface area contributed by atoms with Crippen LogP contribution < -0.4 is 15.2 Å². The highest BCUT2D eigenvalue weighted by Crippen LogP contribution is 2.40. The van der Waals surface area contributed by atoms with Gasteiger partial charge >= 0.3 is 5.97 Å². The summed E-state index contributed by atoms with van der Waals surface area (Å²) >= 11 is 3.38. The van der Waals surface area contributed by atoms with Crippen LogP contribution in [0.4, 0.5) is 0 Å². The number of nitrogens with two attached hydrogens (primary N) is 1. The Labute approximate surface area is 120 Å². The lowest BCUT2D eigenvalue weighted by atomic mass is 9.85. The average Bonchev–Trinajstić information content (AvgIpc) is 2.36. The van der Waals surface area contributed by atoms with Crippen LogP contribution in [-0.4, -0.2) is 25.3 Å². The average molecular weight is 332 g/mol. The van der Waals surface area contributed by atoms with E-state index in [1.807, 2.05) is 6.92 Å². The van der Waals surface area contributed by atoms with Crippen LogP contribution in [0.5, 0.6) is 11.5 Å². The van der Waals surface area contributed by atoms with E-state index in [0.717, 1.165) is 0 Å². The monoisotopic (exact) mass is 331 g/mol. The first kappa shape index (κ1) is 15.8. The molecule has 1 rings (SSSR count). The second-order valence-electron chi connectivity index (χ2n) is 4.27. The molecule has 0 bridgehead atoms. The SMILES string of the molecule is CCC(N)(CC(=O)O)c1cc(Br)c(OC)c(OC)c1. The molecule has 1 aromatic carbocycles. The maximum absolute atomic E-state index is 11.0. The molecule has 0 aliphatic rings. The highest BCUT2D eigenvalue weighted by Gasteiger charge is 2.30. The minimum absolute atomic E-state index is 0.147. The summed E-state index contributed by atoms with van der Waals surface area (Å²) in [6.07, 6.45) is 0.354. The number of hydrogen-bond acceptors (Lipinski definition) is 4. The molecule has 0 saturated carbocycles. The van der Waals surface area contributed by atoms with E-state index in [-0.39, 0.29) is 6.42 Å². The number of benzene rings is 1. The molecule has 1 unspecified atom stereocenters. The molecule has 0 saturated heterocycles. The van der Waals surface area contributed by atoms with Gasteiger partial charge in [-0.05, 0) is 40.0 Å². The topological polar surface area (TPSA) is 81.8 Å². The predicted octanol–water partition coefficient (Wildman–Crippen LogP) is 2.51. The van der Waals surface area contributed by atoms with Gasteiger partial charge in [0, 0.05) is 0 Å². The highest BCUT2D eigenvalue weighted by atomic mass is 79.9. The Kier molecular flexibility index (Phi) is 5.20. The van der Waals surface area contributed by atoms with Gasteiger partial charge < -0.3 is 20.3 Å². The molecule has 19 heavy (non-hydrogen) atoms. The minimum Gasteiger partial charge on any atom is -0.493 e. The summed E-state index contributed by atoms with van der Waals surface area (Å²) in [5.41, 5.74) is 5.97. The van der Waals surface area contributed by atoms with Gasteiger partial charge in [-0.3, -0.25) is 4.79 Å². The van der Waals surface area contributed by atoms with Crippen LogP contribution >= 0.6 is 15.9 Å². The molecule has 5 nitrogen and oxygen atoms in total. The quantitative estimate of drug-likeness (QED) is 0.836. The Hall–Kier alpha value is -1.27. The van der Waals surface area contributed by atoms with Crippen molar-refractivity contribution < 1.29 is 19.4 Å². The van der Waals surface area contributed by atoms with Crippen molar-refractivity contribution in [3.63, 3.8) is 0 Å². The van der Waals surface area contributed by atoms with Crippen molar-refractivity contribution in [2.75, 3.05) is 14.2 Å². The Bertz CT molecular complexity index is 478. The van der Waals surface area contributed by atoms with Gasteiger partial charge in [0.25, 0.3) is 0 Å². The number of carboxylic acids is 1. The van der Waals surface area contributed by atoms with Gasteiger partial charge in [-0.25, -0.2) is 0 Å². The third kappa shape index (κ3) is 3.39. The van der Waals surface area contributed by atoms with Gasteiger partial charge in [0.15, 0.2) is 11.5 Å². The summed E-state index contributed by atoms with van der Waals surface area (Å²) in [6.45, 7) is 1.85. The lowest BCUT2D eigenvalue weighted by Gasteiger charge is -2.28. The van der Waals surface area contributed by atoms with Crippen LogP contribution in [0.2, 0.25) is 0 Å². The lowest BCUT2D eigenvalue weighted by Crippen LogP contribution is -2.38. The number of halogens is 1. The van der Waals surface area contributed by atoms with E-state index in [1.54, 1.807) is 12.1 Å². The van der Waals surface area contributed by atoms with E-state index in [2.05, 4.69) is 15.9 Å². The summed E-state index contributed by atoms with van der Waals surface area (Å²) in [5, 5.41) is 8.99. The molecule has 0 heterocycles. The van der Waals surface area contributed by atoms with Crippen LogP contribution in [0, 0.1) is 0 Å². The van der Waals surface area contributed by atoms with Crippen LogP contribution in [-0.2, 0) is 10.3 Å². The largest absolute Gasteiger partial charge is 0.493 e. The Balaban J connectivity index is 3.33. The zero-order valence-corrected chi connectivity index (χ0v) is 12.8. The van der Waals surface area contributed by atoms with Crippen molar-refractivity contribution in [1.82, 2.24) is 0 Å². The number of hydrogen-bond donors (Lipinski definition) is 2. The molecular weight excluding hydrogens is 314 g/mol. The number of carbonyl (C=O) groups is 1. The van der Waals surface area contributed by atoms with Crippen LogP contribution in [0.1, 0.15) is 25.3 Å². The molecule has 0 amide bonds. The van der Waals surface area contributed by atoms with Gasteiger partial charge in [0.05, 0.1) is 30.7 Å². The van der Waals surface area contributed by atoms with Gasteiger partial charge in [0.1, 0.15) is 0 Å². The van der Waals surface area contributed by atoms with Crippen LogP contribution in [0.15, 0.2) is 16.6 Å². The molecule has 0 spiro atoms. The summed E-state index contributed by atoms with van der Waals surface area (Å²) < 4.78 is 11.1. The van der Waals surface area contributed by atoms with E-state index >= 15 is 0 Å². The second-order valence-corrected chi connectivity index (χ2v) is 5.13. The summed E-state index contributed by atoms with van der Waals surface area (Å²) in [6, 6.07) is 3.49. The number of aliphatic carboxylic acids is 1. The van der Waals surface area contributed by atoms with E-state index in [1.165, 1.54) is 14.2 Å². The van der Waals surface area contributed by atoms with Gasteiger partial charge in [-0.15, -0.1) is 0 Å². The first-order valence-electron chi connectivity index (χ1n) is 5.80. The maximum Gasteiger partial charge on any atom is 0.305 e. The fraction of sp³-hybridized carbons (Fsp3) is 0.462. The van der Waals surface area contributed by atoms with Gasteiger partial charge in [-0.2, -0.15) is 0 Å². The van der Waals surface area contributed by atoms with E-state index in [0.29, 0.717) is 28.0 Å². The second kappa shape index (κ2) is 6.25. The number of methoxy groups -OCH3 is 2. The molecule has 0 aliphatic carbocycles. The normalized spacial score (nSPS) is 13.7. The zero-order chi connectivity index (χ0) is 14.6. The number of rotatable bonds is 6. The van der Waals surface area contributed by atoms with Crippen molar-refractivity contribution in [3.05, 3.63) is 22.2 Å². The third-order valence-corrected chi connectivity index (χ3v) is 3.70. The number of carboxylic acid groups (broad SMARTS) is 1. The fourth-order valence-electron chi connectivity index (χ4n) is 1.91. The molecule has 1 aromatic rings.